The number of hydrogen-bond donors (Lipinski definition) is 1. The number of halogens is 3. The van der Waals surface area contributed by atoms with E-state index in [9.17, 15) is 22.8 Å². The zero-order valence-corrected chi connectivity index (χ0v) is 21.2. The topological polar surface area (TPSA) is 74.2 Å². The van der Waals surface area contributed by atoms with Crippen molar-refractivity contribution in [3.63, 3.8) is 0 Å². The molecule has 196 valence electrons. The second-order valence-electron chi connectivity index (χ2n) is 8.30. The Morgan fingerprint density at radius 2 is 1.68 bits per heavy atom. The molecular weight excluding hydrogens is 517 g/mol. The summed E-state index contributed by atoms with van der Waals surface area (Å²) < 4.78 is 40.8. The van der Waals surface area contributed by atoms with E-state index in [4.69, 9.17) is 0 Å². The zero-order valence-electron chi connectivity index (χ0n) is 20.4. The number of para-hydroxylation sites is 1. The molecule has 3 aromatic rings. The van der Waals surface area contributed by atoms with Crippen LogP contribution >= 0.6 is 11.8 Å². The highest BCUT2D eigenvalue weighted by atomic mass is 32.2. The minimum Gasteiger partial charge on any atom is -0.406 e. The summed E-state index contributed by atoms with van der Waals surface area (Å²) in [6.07, 6.45) is -3.11. The van der Waals surface area contributed by atoms with Crippen molar-refractivity contribution in [1.82, 2.24) is 0 Å². The molecule has 1 N–H and O–H groups in total. The molecule has 0 saturated carbocycles. The van der Waals surface area contributed by atoms with Crippen LogP contribution in [-0.4, -0.2) is 43.2 Å². The lowest BCUT2D eigenvalue weighted by atomic mass is 10.1. The number of carbonyl (C=O) groups is 2. The highest BCUT2D eigenvalue weighted by Crippen LogP contribution is 2.30. The SMILES string of the molecule is CN(C)c1ccc(C=C2N=C(SCC(=O)Nc3ccc(OC(F)(F)F)cc3)N(c3ccccc3)C2=O)cc1. The number of benzene rings is 3. The van der Waals surface area contributed by atoms with E-state index in [1.54, 1.807) is 30.3 Å². The molecular formula is C27H23F3N4O3S. The molecule has 0 aromatic heterocycles. The number of anilines is 3. The molecule has 1 aliphatic rings. The maximum atomic E-state index is 13.3. The van der Waals surface area contributed by atoms with E-state index in [0.29, 0.717) is 16.5 Å². The third-order valence-corrected chi connectivity index (χ3v) is 6.20. The van der Waals surface area contributed by atoms with Crippen LogP contribution in [0.15, 0.2) is 89.6 Å². The fraction of sp³-hybridized carbons (Fsp3) is 0.148. The Kier molecular flexibility index (Phi) is 8.06. The predicted molar refractivity (Wildman–Crippen MR) is 144 cm³/mol. The van der Waals surface area contributed by atoms with Crippen LogP contribution in [0.2, 0.25) is 0 Å². The summed E-state index contributed by atoms with van der Waals surface area (Å²) in [5.41, 5.74) is 2.96. The van der Waals surface area contributed by atoms with E-state index in [-0.39, 0.29) is 17.4 Å². The Bertz CT molecular complexity index is 1360. The molecule has 7 nitrogen and oxygen atoms in total. The van der Waals surface area contributed by atoms with Crippen molar-refractivity contribution in [2.75, 3.05) is 35.0 Å². The number of alkyl halides is 3. The van der Waals surface area contributed by atoms with Gasteiger partial charge in [0.25, 0.3) is 5.91 Å². The van der Waals surface area contributed by atoms with Crippen LogP contribution in [0.25, 0.3) is 6.08 Å². The first-order valence-corrected chi connectivity index (χ1v) is 12.3. The Hall–Kier alpha value is -4.25. The minimum atomic E-state index is -4.80. The van der Waals surface area contributed by atoms with Gasteiger partial charge in [0.15, 0.2) is 5.17 Å². The highest BCUT2D eigenvalue weighted by Gasteiger charge is 2.32. The summed E-state index contributed by atoms with van der Waals surface area (Å²) in [4.78, 5) is 33.8. The Labute approximate surface area is 221 Å². The molecule has 0 aliphatic carbocycles. The lowest BCUT2D eigenvalue weighted by Gasteiger charge is -2.17. The molecule has 1 heterocycles. The summed E-state index contributed by atoms with van der Waals surface area (Å²) >= 11 is 1.07. The van der Waals surface area contributed by atoms with Gasteiger partial charge in [0.2, 0.25) is 5.91 Å². The normalized spacial score (nSPS) is 14.4. The van der Waals surface area contributed by atoms with Crippen molar-refractivity contribution in [3.05, 3.63) is 90.1 Å². The lowest BCUT2D eigenvalue weighted by molar-refractivity contribution is -0.274. The maximum absolute atomic E-state index is 13.3. The number of nitrogens with zero attached hydrogens (tertiary/aromatic N) is 3. The number of aliphatic imine (C=N–C) groups is 1. The average Bonchev–Trinajstić information content (AvgIpc) is 3.18. The first-order chi connectivity index (χ1) is 18.1. The monoisotopic (exact) mass is 540 g/mol. The molecule has 38 heavy (non-hydrogen) atoms. The Balaban J connectivity index is 1.48. The summed E-state index contributed by atoms with van der Waals surface area (Å²) in [7, 11) is 3.88. The van der Waals surface area contributed by atoms with Gasteiger partial charge >= 0.3 is 6.36 Å². The molecule has 3 aromatic carbocycles. The van der Waals surface area contributed by atoms with Gasteiger partial charge in [-0.05, 0) is 60.2 Å². The molecule has 0 atom stereocenters. The minimum absolute atomic E-state index is 0.0823. The van der Waals surface area contributed by atoms with Crippen LogP contribution in [0.5, 0.6) is 5.75 Å². The van der Waals surface area contributed by atoms with E-state index in [1.165, 1.54) is 17.0 Å². The second kappa shape index (κ2) is 11.4. The van der Waals surface area contributed by atoms with Crippen LogP contribution in [0, 0.1) is 0 Å². The van der Waals surface area contributed by atoms with Gasteiger partial charge in [-0.15, -0.1) is 13.2 Å². The van der Waals surface area contributed by atoms with Gasteiger partial charge in [0.05, 0.1) is 11.4 Å². The van der Waals surface area contributed by atoms with E-state index in [2.05, 4.69) is 15.0 Å². The lowest BCUT2D eigenvalue weighted by Crippen LogP contribution is -2.31. The quantitative estimate of drug-likeness (QED) is 0.386. The number of carbonyl (C=O) groups excluding carboxylic acids is 2. The molecule has 0 unspecified atom stereocenters. The number of nitrogens with one attached hydrogen (secondary N) is 1. The third kappa shape index (κ3) is 6.94. The molecule has 0 spiro atoms. The van der Waals surface area contributed by atoms with Gasteiger partial charge in [-0.1, -0.05) is 42.1 Å². The smallest absolute Gasteiger partial charge is 0.406 e. The maximum Gasteiger partial charge on any atom is 0.573 e. The van der Waals surface area contributed by atoms with Crippen molar-refractivity contribution in [1.29, 1.82) is 0 Å². The van der Waals surface area contributed by atoms with Gasteiger partial charge in [-0.3, -0.25) is 14.5 Å². The molecule has 4 rings (SSSR count). The van der Waals surface area contributed by atoms with Gasteiger partial charge in [-0.2, -0.15) is 0 Å². The van der Waals surface area contributed by atoms with Crippen LogP contribution in [0.3, 0.4) is 0 Å². The molecule has 0 fully saturated rings. The molecule has 0 bridgehead atoms. The predicted octanol–water partition coefficient (Wildman–Crippen LogP) is 5.77. The number of ether oxygens (including phenoxy) is 1. The van der Waals surface area contributed by atoms with Crippen molar-refractivity contribution >= 4 is 51.9 Å². The highest BCUT2D eigenvalue weighted by molar-refractivity contribution is 8.14. The van der Waals surface area contributed by atoms with Crippen LogP contribution < -0.4 is 19.9 Å². The van der Waals surface area contributed by atoms with E-state index in [0.717, 1.165) is 35.1 Å². The van der Waals surface area contributed by atoms with Crippen LogP contribution in [0.1, 0.15) is 5.56 Å². The molecule has 1 aliphatic heterocycles. The zero-order chi connectivity index (χ0) is 27.3. The number of amides is 2. The number of hydrogen-bond acceptors (Lipinski definition) is 6. The Morgan fingerprint density at radius 1 is 1.03 bits per heavy atom. The molecule has 2 amide bonds. The van der Waals surface area contributed by atoms with Crippen LogP contribution in [-0.2, 0) is 9.59 Å². The van der Waals surface area contributed by atoms with Crippen molar-refractivity contribution in [2.45, 2.75) is 6.36 Å². The third-order valence-electron chi connectivity index (χ3n) is 5.26. The first kappa shape index (κ1) is 26.8. The number of thioether (sulfide) groups is 1. The first-order valence-electron chi connectivity index (χ1n) is 11.3. The van der Waals surface area contributed by atoms with Gasteiger partial charge in [0, 0.05) is 25.5 Å². The fourth-order valence-corrected chi connectivity index (χ4v) is 4.30. The van der Waals surface area contributed by atoms with Gasteiger partial charge in [-0.25, -0.2) is 4.99 Å². The number of amidine groups is 1. The average molecular weight is 541 g/mol. The van der Waals surface area contributed by atoms with Crippen molar-refractivity contribution in [2.24, 2.45) is 4.99 Å². The summed E-state index contributed by atoms with van der Waals surface area (Å²) in [5, 5.41) is 2.95. The largest absolute Gasteiger partial charge is 0.573 e. The van der Waals surface area contributed by atoms with Gasteiger partial charge < -0.3 is 15.0 Å². The summed E-state index contributed by atoms with van der Waals surface area (Å²) in [6.45, 7) is 0. The van der Waals surface area contributed by atoms with E-state index >= 15 is 0 Å². The van der Waals surface area contributed by atoms with Crippen molar-refractivity contribution < 1.29 is 27.5 Å². The van der Waals surface area contributed by atoms with Crippen molar-refractivity contribution in [3.8, 4) is 5.75 Å². The van der Waals surface area contributed by atoms with E-state index < -0.39 is 18.0 Å². The molecule has 0 saturated heterocycles. The standard InChI is InChI=1S/C27H23F3N4O3S/c1-33(2)20-12-8-18(9-13-20)16-23-25(36)34(21-6-4-3-5-7-21)26(32-23)38-17-24(35)31-19-10-14-22(15-11-19)37-27(28,29)30/h3-16H,17H2,1-2H3,(H,31,35). The van der Waals surface area contributed by atoms with Gasteiger partial charge in [0.1, 0.15) is 11.4 Å². The summed E-state index contributed by atoms with van der Waals surface area (Å²) in [5.74, 6) is -1.21. The number of rotatable bonds is 7. The second-order valence-corrected chi connectivity index (χ2v) is 9.24. The molecule has 11 heteroatoms. The fourth-order valence-electron chi connectivity index (χ4n) is 3.49. The van der Waals surface area contributed by atoms with Crippen LogP contribution in [0.4, 0.5) is 30.2 Å². The molecule has 0 radical (unpaired) electrons. The Morgan fingerprint density at radius 3 is 2.29 bits per heavy atom. The van der Waals surface area contributed by atoms with E-state index in [1.807, 2.05) is 49.3 Å². The summed E-state index contributed by atoms with van der Waals surface area (Å²) in [6, 6.07) is 21.4.